The van der Waals surface area contributed by atoms with Gasteiger partial charge in [-0.15, -0.1) is 0 Å². The first kappa shape index (κ1) is 21.0. The Bertz CT molecular complexity index is 973. The maximum absolute atomic E-state index is 12.4. The second-order valence-corrected chi connectivity index (χ2v) is 8.12. The van der Waals surface area contributed by atoms with E-state index in [9.17, 15) is 14.4 Å². The summed E-state index contributed by atoms with van der Waals surface area (Å²) in [4.78, 5) is 38.5. The van der Waals surface area contributed by atoms with Gasteiger partial charge in [-0.1, -0.05) is 34.1 Å². The Labute approximate surface area is 178 Å². The highest BCUT2D eigenvalue weighted by atomic mass is 79.9. The second-order valence-electron chi connectivity index (χ2n) is 7.26. The molecule has 0 spiro atoms. The maximum Gasteiger partial charge on any atom is 0.311 e. The lowest BCUT2D eigenvalue weighted by Gasteiger charge is -2.18. The lowest BCUT2D eigenvalue weighted by Crippen LogP contribution is -2.28. The van der Waals surface area contributed by atoms with Crippen molar-refractivity contribution in [1.29, 1.82) is 0 Å². The van der Waals surface area contributed by atoms with E-state index in [0.29, 0.717) is 5.69 Å². The third-order valence-corrected chi connectivity index (χ3v) is 5.84. The minimum absolute atomic E-state index is 0.0831. The molecule has 7 heteroatoms. The van der Waals surface area contributed by atoms with Crippen LogP contribution < -0.4 is 10.2 Å². The van der Waals surface area contributed by atoms with Crippen molar-refractivity contribution in [2.24, 2.45) is 5.92 Å². The fraction of sp³-hybridized carbons (Fsp3) is 0.318. The average Bonchev–Trinajstić information content (AvgIpc) is 3.06. The van der Waals surface area contributed by atoms with Crippen LogP contribution in [0.1, 0.15) is 23.1 Å². The van der Waals surface area contributed by atoms with Gasteiger partial charge in [-0.3, -0.25) is 14.4 Å². The first-order valence-corrected chi connectivity index (χ1v) is 10.1. The fourth-order valence-electron chi connectivity index (χ4n) is 3.32. The van der Waals surface area contributed by atoms with Gasteiger partial charge in [0.25, 0.3) is 5.91 Å². The molecule has 6 nitrogen and oxygen atoms in total. The largest absolute Gasteiger partial charge is 0.455 e. The summed E-state index contributed by atoms with van der Waals surface area (Å²) in [5.41, 5.74) is 4.33. The number of halogens is 1. The smallest absolute Gasteiger partial charge is 0.311 e. The molecule has 1 N–H and O–H groups in total. The van der Waals surface area contributed by atoms with E-state index in [2.05, 4.69) is 21.2 Å². The highest BCUT2D eigenvalue weighted by Gasteiger charge is 2.36. The van der Waals surface area contributed by atoms with Gasteiger partial charge >= 0.3 is 5.97 Å². The standard InChI is InChI=1S/C22H23BrN2O4/c1-13-6-4-5-7-19(13)25-11-16(10-21(25)27)22(28)29-12-20(26)24-18-9-14(2)17(23)8-15(18)3/h4-9,16H,10-12H2,1-3H3,(H,24,26)/t16-/m0/s1. The number of carbonyl (C=O) groups excluding carboxylic acids is 3. The minimum atomic E-state index is -0.577. The van der Waals surface area contributed by atoms with Crippen LogP contribution in [0.25, 0.3) is 0 Å². The van der Waals surface area contributed by atoms with Gasteiger partial charge < -0.3 is 15.0 Å². The molecule has 0 unspecified atom stereocenters. The van der Waals surface area contributed by atoms with E-state index in [0.717, 1.165) is 26.9 Å². The van der Waals surface area contributed by atoms with Crippen molar-refractivity contribution >= 4 is 45.1 Å². The van der Waals surface area contributed by atoms with Crippen molar-refractivity contribution in [2.75, 3.05) is 23.4 Å². The zero-order chi connectivity index (χ0) is 21.1. The number of benzene rings is 2. The van der Waals surface area contributed by atoms with Gasteiger partial charge in [0.2, 0.25) is 5.91 Å². The van der Waals surface area contributed by atoms with Crippen LogP contribution in [0, 0.1) is 26.7 Å². The Kier molecular flexibility index (Phi) is 6.37. The quantitative estimate of drug-likeness (QED) is 0.689. The van der Waals surface area contributed by atoms with Gasteiger partial charge in [0.1, 0.15) is 0 Å². The van der Waals surface area contributed by atoms with Gasteiger partial charge in [0.15, 0.2) is 6.61 Å². The first-order chi connectivity index (χ1) is 13.8. The van der Waals surface area contributed by atoms with E-state index in [1.54, 1.807) is 4.90 Å². The zero-order valence-electron chi connectivity index (χ0n) is 16.6. The summed E-state index contributed by atoms with van der Waals surface area (Å²) in [5, 5.41) is 2.76. The van der Waals surface area contributed by atoms with Crippen LogP contribution >= 0.6 is 15.9 Å². The molecule has 0 aliphatic carbocycles. The van der Waals surface area contributed by atoms with Gasteiger partial charge in [-0.25, -0.2) is 0 Å². The molecule has 2 aromatic rings. The van der Waals surface area contributed by atoms with Crippen LogP contribution in [-0.4, -0.2) is 30.9 Å². The van der Waals surface area contributed by atoms with E-state index in [4.69, 9.17) is 4.74 Å². The molecule has 152 valence electrons. The summed E-state index contributed by atoms with van der Waals surface area (Å²) in [6.45, 7) is 5.61. The van der Waals surface area contributed by atoms with E-state index in [-0.39, 0.29) is 25.5 Å². The summed E-state index contributed by atoms with van der Waals surface area (Å²) in [6.07, 6.45) is 0.0831. The highest BCUT2D eigenvalue weighted by molar-refractivity contribution is 9.10. The number of ether oxygens (including phenoxy) is 1. The number of esters is 1. The van der Waals surface area contributed by atoms with Crippen LogP contribution in [0.15, 0.2) is 40.9 Å². The van der Waals surface area contributed by atoms with Gasteiger partial charge in [0.05, 0.1) is 5.92 Å². The molecule has 1 saturated heterocycles. The second kappa shape index (κ2) is 8.78. The third kappa shape index (κ3) is 4.85. The highest BCUT2D eigenvalue weighted by Crippen LogP contribution is 2.28. The molecular formula is C22H23BrN2O4. The summed E-state index contributed by atoms with van der Waals surface area (Å²) >= 11 is 3.45. The molecule has 0 saturated carbocycles. The number of nitrogens with zero attached hydrogens (tertiary/aromatic N) is 1. The number of rotatable bonds is 5. The maximum atomic E-state index is 12.4. The average molecular weight is 459 g/mol. The minimum Gasteiger partial charge on any atom is -0.455 e. The molecule has 1 heterocycles. The Morgan fingerprint density at radius 3 is 2.59 bits per heavy atom. The summed E-state index contributed by atoms with van der Waals surface area (Å²) in [7, 11) is 0. The molecule has 0 bridgehead atoms. The van der Waals surface area contributed by atoms with E-state index >= 15 is 0 Å². The van der Waals surface area contributed by atoms with Crippen LogP contribution in [-0.2, 0) is 19.1 Å². The predicted molar refractivity (Wildman–Crippen MR) is 115 cm³/mol. The normalized spacial score (nSPS) is 16.1. The van der Waals surface area contributed by atoms with Crippen LogP contribution in [0.5, 0.6) is 0 Å². The van der Waals surface area contributed by atoms with Crippen molar-refractivity contribution in [3.63, 3.8) is 0 Å². The number of nitrogens with one attached hydrogen (secondary N) is 1. The van der Waals surface area contributed by atoms with Crippen LogP contribution in [0.2, 0.25) is 0 Å². The summed E-state index contributed by atoms with van der Waals surface area (Å²) < 4.78 is 6.14. The van der Waals surface area contributed by atoms with Crippen LogP contribution in [0.3, 0.4) is 0 Å². The number of hydrogen-bond acceptors (Lipinski definition) is 4. The van der Waals surface area contributed by atoms with E-state index in [1.807, 2.05) is 57.2 Å². The fourth-order valence-corrected chi connectivity index (χ4v) is 3.78. The lowest BCUT2D eigenvalue weighted by atomic mass is 10.1. The molecule has 1 aliphatic heterocycles. The van der Waals surface area contributed by atoms with Crippen molar-refractivity contribution in [3.05, 3.63) is 57.6 Å². The predicted octanol–water partition coefficient (Wildman–Crippen LogP) is 3.91. The Balaban J connectivity index is 1.56. The molecule has 3 rings (SSSR count). The summed E-state index contributed by atoms with van der Waals surface area (Å²) in [5.74, 6) is -1.64. The van der Waals surface area contributed by atoms with Gasteiger partial charge in [-0.05, 0) is 55.7 Å². The molecule has 0 radical (unpaired) electrons. The number of amides is 2. The van der Waals surface area contributed by atoms with Gasteiger partial charge in [-0.2, -0.15) is 0 Å². The molecule has 1 atom stereocenters. The van der Waals surface area contributed by atoms with Crippen molar-refractivity contribution in [2.45, 2.75) is 27.2 Å². The number of hydrogen-bond donors (Lipinski definition) is 1. The summed E-state index contributed by atoms with van der Waals surface area (Å²) in [6, 6.07) is 11.3. The third-order valence-electron chi connectivity index (χ3n) is 4.99. The number of anilines is 2. The molecular weight excluding hydrogens is 436 g/mol. The van der Waals surface area contributed by atoms with Crippen LogP contribution in [0.4, 0.5) is 11.4 Å². The molecule has 2 amide bonds. The number of para-hydroxylation sites is 1. The van der Waals surface area contributed by atoms with Crippen molar-refractivity contribution < 1.29 is 19.1 Å². The lowest BCUT2D eigenvalue weighted by molar-refractivity contribution is -0.151. The SMILES string of the molecule is Cc1cc(NC(=O)COC(=O)[C@H]2CC(=O)N(c3ccccc3C)C2)c(C)cc1Br. The Hall–Kier alpha value is -2.67. The Morgan fingerprint density at radius 1 is 1.14 bits per heavy atom. The molecule has 29 heavy (non-hydrogen) atoms. The van der Waals surface area contributed by atoms with E-state index in [1.165, 1.54) is 0 Å². The zero-order valence-corrected chi connectivity index (χ0v) is 18.2. The monoisotopic (exact) mass is 458 g/mol. The first-order valence-electron chi connectivity index (χ1n) is 9.35. The van der Waals surface area contributed by atoms with E-state index < -0.39 is 17.8 Å². The van der Waals surface area contributed by atoms with Gasteiger partial charge in [0, 0.05) is 28.8 Å². The molecule has 1 aliphatic rings. The molecule has 2 aromatic carbocycles. The Morgan fingerprint density at radius 2 is 1.86 bits per heavy atom. The molecule has 0 aromatic heterocycles. The van der Waals surface area contributed by atoms with Crippen molar-refractivity contribution in [1.82, 2.24) is 0 Å². The van der Waals surface area contributed by atoms with Crippen molar-refractivity contribution in [3.8, 4) is 0 Å². The molecule has 1 fully saturated rings. The number of aryl methyl sites for hydroxylation is 3. The topological polar surface area (TPSA) is 75.7 Å². The number of carbonyl (C=O) groups is 3.